The molecule has 1 aliphatic rings. The number of carbonyl (C=O) groups excluding carboxylic acids is 1. The maximum atomic E-state index is 12.5. The third-order valence-electron chi connectivity index (χ3n) is 3.89. The molecule has 1 aliphatic heterocycles. The quantitative estimate of drug-likeness (QED) is 0.872. The second-order valence-corrected chi connectivity index (χ2v) is 7.68. The van der Waals surface area contributed by atoms with Crippen LogP contribution < -0.4 is 0 Å². The minimum Gasteiger partial charge on any atom is -0.342 e. The van der Waals surface area contributed by atoms with Crippen LogP contribution in [-0.4, -0.2) is 33.9 Å². The Balaban J connectivity index is 1.66. The van der Waals surface area contributed by atoms with Gasteiger partial charge in [0.25, 0.3) is 0 Å². The SMILES string of the molecule is Cc1nc(C)c(CC(=O)N2CCC[C@H](c3nccs3)C2)s1. The molecular weight excluding hydrogens is 302 g/mol. The van der Waals surface area contributed by atoms with Gasteiger partial charge in [0, 0.05) is 35.5 Å². The Morgan fingerprint density at radius 1 is 1.48 bits per heavy atom. The van der Waals surface area contributed by atoms with Crippen LogP contribution in [0.1, 0.15) is 39.3 Å². The smallest absolute Gasteiger partial charge is 0.227 e. The molecule has 1 atom stereocenters. The Morgan fingerprint density at radius 2 is 2.33 bits per heavy atom. The average Bonchev–Trinajstić information content (AvgIpc) is 3.09. The van der Waals surface area contributed by atoms with Crippen LogP contribution in [0.3, 0.4) is 0 Å². The van der Waals surface area contributed by atoms with Gasteiger partial charge in [0.15, 0.2) is 0 Å². The van der Waals surface area contributed by atoms with Gasteiger partial charge in [-0.2, -0.15) is 0 Å². The summed E-state index contributed by atoms with van der Waals surface area (Å²) < 4.78 is 0. The minimum atomic E-state index is 0.225. The standard InChI is InChI=1S/C15H19N3OS2/c1-10-13(21-11(2)17-10)8-14(19)18-6-3-4-12(9-18)15-16-5-7-20-15/h5,7,12H,3-4,6,8-9H2,1-2H3/t12-/m0/s1. The van der Waals surface area contributed by atoms with Crippen molar-refractivity contribution in [3.63, 3.8) is 0 Å². The fourth-order valence-corrected chi connectivity index (χ4v) is 4.52. The number of hydrogen-bond acceptors (Lipinski definition) is 5. The second-order valence-electron chi connectivity index (χ2n) is 5.47. The van der Waals surface area contributed by atoms with Crippen molar-refractivity contribution in [1.82, 2.24) is 14.9 Å². The molecule has 6 heteroatoms. The zero-order valence-corrected chi connectivity index (χ0v) is 14.0. The molecule has 0 unspecified atom stereocenters. The largest absolute Gasteiger partial charge is 0.342 e. The third kappa shape index (κ3) is 3.32. The number of piperidine rings is 1. The van der Waals surface area contributed by atoms with Crippen LogP contribution in [-0.2, 0) is 11.2 Å². The summed E-state index contributed by atoms with van der Waals surface area (Å²) in [6.07, 6.45) is 4.54. The first-order chi connectivity index (χ1) is 10.1. The Hall–Kier alpha value is -1.27. The summed E-state index contributed by atoms with van der Waals surface area (Å²) in [5.41, 5.74) is 0.999. The molecule has 3 rings (SSSR count). The van der Waals surface area contributed by atoms with E-state index in [2.05, 4.69) is 9.97 Å². The van der Waals surface area contributed by atoms with E-state index in [1.165, 1.54) is 0 Å². The number of aromatic nitrogens is 2. The van der Waals surface area contributed by atoms with Gasteiger partial charge in [0.05, 0.1) is 22.1 Å². The first-order valence-electron chi connectivity index (χ1n) is 7.23. The maximum absolute atomic E-state index is 12.5. The third-order valence-corrected chi connectivity index (χ3v) is 5.90. The summed E-state index contributed by atoms with van der Waals surface area (Å²) in [7, 11) is 0. The molecule has 2 aromatic rings. The normalized spacial score (nSPS) is 19.0. The zero-order chi connectivity index (χ0) is 14.8. The molecule has 0 saturated carbocycles. The van der Waals surface area contributed by atoms with Crippen molar-refractivity contribution < 1.29 is 4.79 Å². The zero-order valence-electron chi connectivity index (χ0n) is 12.3. The molecule has 0 radical (unpaired) electrons. The van der Waals surface area contributed by atoms with Gasteiger partial charge < -0.3 is 4.90 Å². The highest BCUT2D eigenvalue weighted by atomic mass is 32.1. The van der Waals surface area contributed by atoms with Crippen molar-refractivity contribution in [2.45, 2.75) is 39.0 Å². The Morgan fingerprint density at radius 3 is 3.00 bits per heavy atom. The lowest BCUT2D eigenvalue weighted by Crippen LogP contribution is -2.39. The Kier molecular flexibility index (Phi) is 4.35. The molecule has 2 aromatic heterocycles. The molecular formula is C15H19N3OS2. The molecule has 0 aliphatic carbocycles. The van der Waals surface area contributed by atoms with E-state index in [1.54, 1.807) is 22.7 Å². The topological polar surface area (TPSA) is 46.1 Å². The fourth-order valence-electron chi connectivity index (χ4n) is 2.83. The van der Waals surface area contributed by atoms with E-state index in [0.29, 0.717) is 12.3 Å². The van der Waals surface area contributed by atoms with E-state index in [9.17, 15) is 4.79 Å². The summed E-state index contributed by atoms with van der Waals surface area (Å²) in [6, 6.07) is 0. The molecule has 1 saturated heterocycles. The monoisotopic (exact) mass is 321 g/mol. The van der Waals surface area contributed by atoms with Gasteiger partial charge in [-0.1, -0.05) is 0 Å². The molecule has 0 bridgehead atoms. The molecule has 4 nitrogen and oxygen atoms in total. The summed E-state index contributed by atoms with van der Waals surface area (Å²) in [5, 5.41) is 4.21. The number of carbonyl (C=O) groups is 1. The average molecular weight is 321 g/mol. The summed E-state index contributed by atoms with van der Waals surface area (Å²) in [4.78, 5) is 24.5. The molecule has 21 heavy (non-hydrogen) atoms. The number of hydrogen-bond donors (Lipinski definition) is 0. The van der Waals surface area contributed by atoms with E-state index in [1.807, 2.05) is 30.3 Å². The van der Waals surface area contributed by atoms with Crippen LogP contribution >= 0.6 is 22.7 Å². The van der Waals surface area contributed by atoms with Crippen molar-refractivity contribution in [2.24, 2.45) is 0 Å². The van der Waals surface area contributed by atoms with E-state index in [4.69, 9.17) is 0 Å². The number of thiazole rings is 2. The van der Waals surface area contributed by atoms with Gasteiger partial charge in [-0.05, 0) is 26.7 Å². The first-order valence-corrected chi connectivity index (χ1v) is 8.93. The molecule has 112 valence electrons. The van der Waals surface area contributed by atoms with Crippen molar-refractivity contribution in [2.75, 3.05) is 13.1 Å². The highest BCUT2D eigenvalue weighted by molar-refractivity contribution is 7.11. The highest BCUT2D eigenvalue weighted by Crippen LogP contribution is 2.29. The lowest BCUT2D eigenvalue weighted by atomic mass is 9.98. The van der Waals surface area contributed by atoms with Gasteiger partial charge in [0.2, 0.25) is 5.91 Å². The van der Waals surface area contributed by atoms with Gasteiger partial charge in [0.1, 0.15) is 0 Å². The fraction of sp³-hybridized carbons (Fsp3) is 0.533. The van der Waals surface area contributed by atoms with Gasteiger partial charge >= 0.3 is 0 Å². The Labute approximate surface area is 132 Å². The molecule has 0 aromatic carbocycles. The van der Waals surface area contributed by atoms with Gasteiger partial charge in [-0.3, -0.25) is 4.79 Å². The number of likely N-dealkylation sites (tertiary alicyclic amines) is 1. The predicted octanol–water partition coefficient (Wildman–Crippen LogP) is 3.17. The second kappa shape index (κ2) is 6.23. The number of rotatable bonds is 3. The number of nitrogens with zero attached hydrogens (tertiary/aromatic N) is 3. The van der Waals surface area contributed by atoms with Crippen molar-refractivity contribution in [3.05, 3.63) is 32.2 Å². The summed E-state index contributed by atoms with van der Waals surface area (Å²) in [6.45, 7) is 5.66. The minimum absolute atomic E-state index is 0.225. The number of amides is 1. The molecule has 1 amide bonds. The van der Waals surface area contributed by atoms with E-state index < -0.39 is 0 Å². The predicted molar refractivity (Wildman–Crippen MR) is 86.0 cm³/mol. The molecule has 1 fully saturated rings. The van der Waals surface area contributed by atoms with Gasteiger partial charge in [-0.15, -0.1) is 22.7 Å². The highest BCUT2D eigenvalue weighted by Gasteiger charge is 2.26. The summed E-state index contributed by atoms with van der Waals surface area (Å²) in [5.74, 6) is 0.634. The van der Waals surface area contributed by atoms with Crippen molar-refractivity contribution >= 4 is 28.6 Å². The lowest BCUT2D eigenvalue weighted by molar-refractivity contribution is -0.131. The van der Waals surface area contributed by atoms with Crippen LogP contribution in [0, 0.1) is 13.8 Å². The van der Waals surface area contributed by atoms with Crippen molar-refractivity contribution in [3.8, 4) is 0 Å². The molecule has 0 spiro atoms. The summed E-state index contributed by atoms with van der Waals surface area (Å²) >= 11 is 3.33. The number of aryl methyl sites for hydroxylation is 2. The van der Waals surface area contributed by atoms with E-state index in [-0.39, 0.29) is 5.91 Å². The van der Waals surface area contributed by atoms with Crippen LogP contribution in [0.4, 0.5) is 0 Å². The van der Waals surface area contributed by atoms with Crippen LogP contribution in [0.25, 0.3) is 0 Å². The van der Waals surface area contributed by atoms with Crippen LogP contribution in [0.15, 0.2) is 11.6 Å². The van der Waals surface area contributed by atoms with Crippen LogP contribution in [0.2, 0.25) is 0 Å². The first kappa shape index (κ1) is 14.7. The Bertz CT molecular complexity index is 621. The maximum Gasteiger partial charge on any atom is 0.227 e. The van der Waals surface area contributed by atoms with E-state index >= 15 is 0 Å². The van der Waals surface area contributed by atoms with Crippen LogP contribution in [0.5, 0.6) is 0 Å². The van der Waals surface area contributed by atoms with Crippen molar-refractivity contribution in [1.29, 1.82) is 0 Å². The van der Waals surface area contributed by atoms with Gasteiger partial charge in [-0.25, -0.2) is 9.97 Å². The van der Waals surface area contributed by atoms with E-state index in [0.717, 1.165) is 46.5 Å². The molecule has 3 heterocycles. The molecule has 0 N–H and O–H groups in total. The lowest BCUT2D eigenvalue weighted by Gasteiger charge is -2.31.